The Bertz CT molecular complexity index is 1630. The average Bonchev–Trinajstić information content (AvgIpc) is 2.74. The molecule has 0 spiro atoms. The minimum absolute atomic E-state index is 0.111. The number of benzene rings is 3. The van der Waals surface area contributed by atoms with Crippen LogP contribution in [0.15, 0.2) is 80.0 Å². The molecule has 0 bridgehead atoms. The summed E-state index contributed by atoms with van der Waals surface area (Å²) in [5, 5.41) is 19.7. The maximum atomic E-state index is 12.8. The molecule has 0 aliphatic rings. The Hall–Kier alpha value is -3.07. The van der Waals surface area contributed by atoms with Gasteiger partial charge in [0.2, 0.25) is 0 Å². The van der Waals surface area contributed by atoms with Gasteiger partial charge in [0.05, 0.1) is 10.0 Å². The average molecular weight is 560 g/mol. The molecule has 1 amide bonds. The molecule has 0 heterocycles. The Balaban J connectivity index is 2.03. The molecule has 0 aliphatic heterocycles. The van der Waals surface area contributed by atoms with Gasteiger partial charge >= 0.3 is 0 Å². The highest BCUT2D eigenvalue weighted by molar-refractivity contribution is 7.86. The lowest BCUT2D eigenvalue weighted by Crippen LogP contribution is -2.15. The van der Waals surface area contributed by atoms with Crippen molar-refractivity contribution in [3.8, 4) is 0 Å². The van der Waals surface area contributed by atoms with Gasteiger partial charge in [0.25, 0.3) is 26.1 Å². The molecule has 0 aliphatic carbocycles. The van der Waals surface area contributed by atoms with E-state index >= 15 is 0 Å². The number of nitrogens with one attached hydrogen (secondary N) is 1. The van der Waals surface area contributed by atoms with Gasteiger partial charge in [-0.2, -0.15) is 16.8 Å². The fourth-order valence-corrected chi connectivity index (χ4v) is 4.69. The molecule has 0 saturated heterocycles. The number of nitrogens with zero attached hydrogens (tertiary/aromatic N) is 2. The van der Waals surface area contributed by atoms with E-state index in [1.165, 1.54) is 24.3 Å². The predicted octanol–water partition coefficient (Wildman–Crippen LogP) is 5.15. The van der Waals surface area contributed by atoms with Crippen LogP contribution in [0.2, 0.25) is 10.0 Å². The zero-order valence-electron chi connectivity index (χ0n) is 17.5. The van der Waals surface area contributed by atoms with Gasteiger partial charge in [-0.1, -0.05) is 47.5 Å². The number of azo groups is 1. The second-order valence-corrected chi connectivity index (χ2v) is 10.5. The van der Waals surface area contributed by atoms with Crippen LogP contribution in [-0.2, 0) is 25.0 Å². The molecule has 0 aromatic heterocycles. The molecule has 0 atom stereocenters. The molecule has 0 saturated carbocycles. The normalized spacial score (nSPS) is 13.2. The topological polar surface area (TPSA) is 183 Å². The molecule has 3 aromatic rings. The molecule has 184 valence electrons. The first-order valence-corrected chi connectivity index (χ1v) is 12.9. The highest BCUT2D eigenvalue weighted by atomic mass is 35.5. The van der Waals surface area contributed by atoms with Crippen LogP contribution in [0.4, 0.5) is 11.4 Å². The third-order valence-electron chi connectivity index (χ3n) is 4.51. The number of hydrogen-bond acceptors (Lipinski definition) is 8. The summed E-state index contributed by atoms with van der Waals surface area (Å²) < 4.78 is 65.5. The molecule has 0 radical (unpaired) electrons. The summed E-state index contributed by atoms with van der Waals surface area (Å²) in [6.07, 6.45) is 0. The van der Waals surface area contributed by atoms with Crippen molar-refractivity contribution < 1.29 is 35.8 Å². The molecule has 4 N–H and O–H groups in total. The quantitative estimate of drug-likeness (QED) is 0.138. The monoisotopic (exact) mass is 559 g/mol. The lowest BCUT2D eigenvalue weighted by Gasteiger charge is -2.11. The lowest BCUT2D eigenvalue weighted by atomic mass is 10.1. The van der Waals surface area contributed by atoms with Crippen molar-refractivity contribution >= 4 is 71.5 Å². The third kappa shape index (κ3) is 5.96. The number of carbonyl (C=O) groups excluding carboxylic acids is 1. The number of halogens is 2. The minimum Gasteiger partial charge on any atom is -0.510 e. The summed E-state index contributed by atoms with van der Waals surface area (Å²) in [5.41, 5.74) is -0.989. The van der Waals surface area contributed by atoms with Gasteiger partial charge in [-0.05, 0) is 31.2 Å². The second-order valence-electron chi connectivity index (χ2n) is 6.93. The summed E-state index contributed by atoms with van der Waals surface area (Å²) in [7, 11) is -9.35. The zero-order chi connectivity index (χ0) is 26.1. The summed E-state index contributed by atoms with van der Waals surface area (Å²) in [6, 6.07) is 10.1. The van der Waals surface area contributed by atoms with Crippen LogP contribution >= 0.6 is 23.2 Å². The van der Waals surface area contributed by atoms with Gasteiger partial charge < -0.3 is 10.4 Å². The van der Waals surface area contributed by atoms with E-state index in [2.05, 4.69) is 15.5 Å². The van der Waals surface area contributed by atoms with E-state index in [1.807, 2.05) is 0 Å². The second kappa shape index (κ2) is 9.89. The van der Waals surface area contributed by atoms with E-state index in [0.29, 0.717) is 0 Å². The van der Waals surface area contributed by atoms with E-state index in [1.54, 1.807) is 6.07 Å². The van der Waals surface area contributed by atoms with Crippen LogP contribution in [0.25, 0.3) is 10.8 Å². The first kappa shape index (κ1) is 26.5. The maximum Gasteiger partial charge on any atom is 0.296 e. The van der Waals surface area contributed by atoms with Crippen LogP contribution in [0.5, 0.6) is 0 Å². The summed E-state index contributed by atoms with van der Waals surface area (Å²) in [4.78, 5) is 11.7. The van der Waals surface area contributed by atoms with Crippen molar-refractivity contribution in [2.75, 3.05) is 5.32 Å². The molecular weight excluding hydrogens is 545 g/mol. The van der Waals surface area contributed by atoms with Gasteiger partial charge in [0.1, 0.15) is 21.2 Å². The van der Waals surface area contributed by atoms with Crippen molar-refractivity contribution in [2.24, 2.45) is 10.2 Å². The Kier molecular flexibility index (Phi) is 7.50. The van der Waals surface area contributed by atoms with Gasteiger partial charge in [-0.3, -0.25) is 13.9 Å². The smallest absolute Gasteiger partial charge is 0.296 e. The fraction of sp³-hybridized carbons (Fsp3) is 0.0500. The summed E-state index contributed by atoms with van der Waals surface area (Å²) >= 11 is 11.7. The van der Waals surface area contributed by atoms with Gasteiger partial charge in [-0.15, -0.1) is 10.2 Å². The number of rotatable bonds is 6. The molecule has 3 rings (SSSR count). The molecule has 11 nitrogen and oxygen atoms in total. The number of allylic oxidation sites excluding steroid dienone is 1. The largest absolute Gasteiger partial charge is 0.510 e. The number of amides is 1. The van der Waals surface area contributed by atoms with E-state index in [9.17, 15) is 35.8 Å². The number of hydrogen-bond donors (Lipinski definition) is 4. The predicted molar refractivity (Wildman–Crippen MR) is 129 cm³/mol. The summed E-state index contributed by atoms with van der Waals surface area (Å²) in [6.45, 7) is 1.12. The highest BCUT2D eigenvalue weighted by Crippen LogP contribution is 2.34. The fourth-order valence-electron chi connectivity index (χ4n) is 2.98. The van der Waals surface area contributed by atoms with E-state index in [4.69, 9.17) is 23.2 Å². The van der Waals surface area contributed by atoms with Gasteiger partial charge in [0.15, 0.2) is 5.70 Å². The van der Waals surface area contributed by atoms with Crippen molar-refractivity contribution in [1.29, 1.82) is 0 Å². The van der Waals surface area contributed by atoms with Crippen molar-refractivity contribution in [1.82, 2.24) is 0 Å². The van der Waals surface area contributed by atoms with Gasteiger partial charge in [-0.25, -0.2) is 0 Å². The minimum atomic E-state index is -4.80. The molecule has 0 unspecified atom stereocenters. The number of carbonyl (C=O) groups is 1. The van der Waals surface area contributed by atoms with Crippen LogP contribution < -0.4 is 5.32 Å². The molecule has 15 heteroatoms. The Morgan fingerprint density at radius 1 is 0.886 bits per heavy atom. The molecule has 0 fully saturated rings. The van der Waals surface area contributed by atoms with Crippen molar-refractivity contribution in [3.63, 3.8) is 0 Å². The first-order valence-electron chi connectivity index (χ1n) is 9.29. The Labute approximate surface area is 209 Å². The van der Waals surface area contributed by atoms with E-state index in [-0.39, 0.29) is 31.4 Å². The van der Waals surface area contributed by atoms with E-state index < -0.39 is 48.2 Å². The SMILES string of the molecule is C/C(O)=C(\N=Nc1cc(Cl)c(Cl)cc1S(=O)(=O)O)C(=O)Nc1ccc(S(=O)(=O)O)c2ccccc12. The zero-order valence-corrected chi connectivity index (χ0v) is 20.6. The molecule has 35 heavy (non-hydrogen) atoms. The standard InChI is InChI=1S/C20H15Cl2N3O8S2/c1-10(26)19(25-24-16-8-13(21)14(22)9-18(16)35(31,32)33)20(27)23-15-6-7-17(34(28,29)30)12-5-3-2-4-11(12)15/h2-9,26H,1H3,(H,23,27)(H,28,29,30)(H,31,32,33)/b19-10+,25-24?. The maximum absolute atomic E-state index is 12.8. The highest BCUT2D eigenvalue weighted by Gasteiger charge is 2.21. The first-order chi connectivity index (χ1) is 16.2. The lowest BCUT2D eigenvalue weighted by molar-refractivity contribution is -0.113. The van der Waals surface area contributed by atoms with Crippen LogP contribution in [-0.4, -0.2) is 37.0 Å². The van der Waals surface area contributed by atoms with Crippen molar-refractivity contribution in [2.45, 2.75) is 16.7 Å². The number of aliphatic hydroxyl groups excluding tert-OH is 1. The van der Waals surface area contributed by atoms with Gasteiger partial charge in [0, 0.05) is 16.5 Å². The van der Waals surface area contributed by atoms with Crippen LogP contribution in [0.1, 0.15) is 6.92 Å². The molecular formula is C20H15Cl2N3O8S2. The molecule has 3 aromatic carbocycles. The number of aliphatic hydroxyl groups is 1. The Morgan fingerprint density at radius 2 is 1.46 bits per heavy atom. The third-order valence-corrected chi connectivity index (χ3v) is 7.02. The van der Waals surface area contributed by atoms with Crippen LogP contribution in [0, 0.1) is 0 Å². The number of anilines is 1. The van der Waals surface area contributed by atoms with Crippen LogP contribution in [0.3, 0.4) is 0 Å². The number of fused-ring (bicyclic) bond motifs is 1. The van der Waals surface area contributed by atoms with Crippen molar-refractivity contribution in [3.05, 3.63) is 70.0 Å². The summed E-state index contributed by atoms with van der Waals surface area (Å²) in [5.74, 6) is -1.59. The Morgan fingerprint density at radius 3 is 2.03 bits per heavy atom. The van der Waals surface area contributed by atoms with E-state index in [0.717, 1.165) is 25.1 Å².